The lowest BCUT2D eigenvalue weighted by Gasteiger charge is -2.60. The molecule has 4 saturated carbocycles. The van der Waals surface area contributed by atoms with E-state index in [-0.39, 0.29) is 22.4 Å². The van der Waals surface area contributed by atoms with Crippen LogP contribution >= 0.6 is 11.6 Å². The van der Waals surface area contributed by atoms with Crippen LogP contribution in [0, 0.1) is 34.3 Å². The number of aryl methyl sites for hydroxylation is 1. The Morgan fingerprint density at radius 3 is 2.66 bits per heavy atom. The fourth-order valence-corrected chi connectivity index (χ4v) is 6.49. The maximum atomic E-state index is 13.5. The summed E-state index contributed by atoms with van der Waals surface area (Å²) in [4.78, 5) is 28.4. The van der Waals surface area contributed by atoms with Crippen LogP contribution in [-0.2, 0) is 10.3 Å². The van der Waals surface area contributed by atoms with Crippen molar-refractivity contribution in [2.45, 2.75) is 51.0 Å². The number of nitrogens with one attached hydrogen (secondary N) is 1. The van der Waals surface area contributed by atoms with Gasteiger partial charge in [-0.3, -0.25) is 14.9 Å². The Labute approximate surface area is 172 Å². The average Bonchev–Trinajstić information content (AvgIpc) is 3.09. The number of nitro benzene ring substituents is 1. The van der Waals surface area contributed by atoms with Crippen molar-refractivity contribution in [1.29, 1.82) is 0 Å². The van der Waals surface area contributed by atoms with Gasteiger partial charge in [-0.05, 0) is 75.0 Å². The maximum Gasteiger partial charge on any atom is 0.274 e. The Balaban J connectivity index is 1.45. The first-order valence-corrected chi connectivity index (χ1v) is 10.3. The number of aromatic nitrogens is 3. The quantitative estimate of drug-likeness (QED) is 0.598. The van der Waals surface area contributed by atoms with E-state index >= 15 is 0 Å². The molecule has 152 valence electrons. The maximum absolute atomic E-state index is 13.5. The molecule has 9 heteroatoms. The van der Waals surface area contributed by atoms with Gasteiger partial charge in [0.05, 0.1) is 15.9 Å². The van der Waals surface area contributed by atoms with E-state index in [4.69, 9.17) is 11.6 Å². The Kier molecular flexibility index (Phi) is 4.00. The van der Waals surface area contributed by atoms with Crippen molar-refractivity contribution in [2.75, 3.05) is 5.32 Å². The number of nitrogens with zero attached hydrogens (tertiary/aromatic N) is 4. The standard InChI is InChI=1S/C20H22ClN5O3/c1-12-2-3-15(5-16(12)26(28)29)23-17(27)19-6-13-4-14(7-19)9-20(8-13,10-19)25-11-22-18(21)24-25/h2-3,5,11,13-14H,4,6-10H2,1H3,(H,23,27)/t13-,14-,19?,20?/m1/s1. The van der Waals surface area contributed by atoms with Gasteiger partial charge in [0.1, 0.15) is 6.33 Å². The van der Waals surface area contributed by atoms with Gasteiger partial charge in [0.25, 0.3) is 5.69 Å². The van der Waals surface area contributed by atoms with E-state index in [0.717, 1.165) is 32.1 Å². The van der Waals surface area contributed by atoms with Crippen LogP contribution in [0.5, 0.6) is 0 Å². The van der Waals surface area contributed by atoms with Crippen LogP contribution in [0.4, 0.5) is 11.4 Å². The summed E-state index contributed by atoms with van der Waals surface area (Å²) in [5.41, 5.74) is 0.357. The zero-order chi connectivity index (χ0) is 20.4. The highest BCUT2D eigenvalue weighted by molar-refractivity contribution is 6.28. The number of hydrogen-bond donors (Lipinski definition) is 1. The molecule has 0 unspecified atom stereocenters. The summed E-state index contributed by atoms with van der Waals surface area (Å²) >= 11 is 5.98. The van der Waals surface area contributed by atoms with Gasteiger partial charge in [0.15, 0.2) is 0 Å². The van der Waals surface area contributed by atoms with Crippen molar-refractivity contribution in [2.24, 2.45) is 17.3 Å². The summed E-state index contributed by atoms with van der Waals surface area (Å²) in [6, 6.07) is 4.85. The molecule has 1 heterocycles. The minimum atomic E-state index is -0.484. The van der Waals surface area contributed by atoms with Crippen LogP contribution in [0.15, 0.2) is 24.5 Å². The first-order chi connectivity index (χ1) is 13.8. The molecule has 29 heavy (non-hydrogen) atoms. The summed E-state index contributed by atoms with van der Waals surface area (Å²) in [7, 11) is 0. The molecule has 0 aliphatic heterocycles. The molecule has 6 rings (SSSR count). The Morgan fingerprint density at radius 2 is 2.03 bits per heavy atom. The summed E-state index contributed by atoms with van der Waals surface area (Å²) in [5, 5.41) is 18.8. The number of rotatable bonds is 4. The van der Waals surface area contributed by atoms with E-state index in [1.807, 2.05) is 4.68 Å². The summed E-state index contributed by atoms with van der Waals surface area (Å²) in [6.45, 7) is 1.69. The predicted molar refractivity (Wildman–Crippen MR) is 107 cm³/mol. The Hall–Kier alpha value is -2.48. The van der Waals surface area contributed by atoms with Crippen LogP contribution < -0.4 is 5.32 Å². The van der Waals surface area contributed by atoms with Crippen LogP contribution in [-0.4, -0.2) is 25.6 Å². The largest absolute Gasteiger partial charge is 0.325 e. The second-order valence-electron chi connectivity index (χ2n) is 9.14. The predicted octanol–water partition coefficient (Wildman–Crippen LogP) is 4.08. The second kappa shape index (κ2) is 6.26. The fourth-order valence-electron chi connectivity index (χ4n) is 6.37. The molecule has 0 saturated heterocycles. The van der Waals surface area contributed by atoms with Crippen molar-refractivity contribution in [3.05, 3.63) is 45.5 Å². The molecule has 1 aromatic heterocycles. The van der Waals surface area contributed by atoms with Crippen LogP contribution in [0.2, 0.25) is 5.28 Å². The monoisotopic (exact) mass is 415 g/mol. The zero-order valence-corrected chi connectivity index (χ0v) is 16.9. The molecule has 1 amide bonds. The molecule has 4 bridgehead atoms. The smallest absolute Gasteiger partial charge is 0.274 e. The topological polar surface area (TPSA) is 103 Å². The highest BCUT2D eigenvalue weighted by Crippen LogP contribution is 2.64. The molecule has 2 atom stereocenters. The molecular weight excluding hydrogens is 394 g/mol. The lowest BCUT2D eigenvalue weighted by molar-refractivity contribution is -0.385. The first kappa shape index (κ1) is 18.5. The summed E-state index contributed by atoms with van der Waals surface area (Å²) in [6.07, 6.45) is 7.23. The number of carbonyl (C=O) groups excluding carboxylic acids is 1. The lowest BCUT2D eigenvalue weighted by atomic mass is 9.46. The van der Waals surface area contributed by atoms with Crippen LogP contribution in [0.3, 0.4) is 0 Å². The molecule has 2 aromatic rings. The van der Waals surface area contributed by atoms with Gasteiger partial charge in [-0.2, -0.15) is 0 Å². The minimum absolute atomic E-state index is 0.0158. The highest BCUT2D eigenvalue weighted by Gasteiger charge is 2.61. The number of anilines is 1. The third kappa shape index (κ3) is 2.92. The van der Waals surface area contributed by atoms with Gasteiger partial charge in [-0.1, -0.05) is 6.07 Å². The number of amides is 1. The average molecular weight is 416 g/mol. The third-order valence-corrected chi connectivity index (χ3v) is 7.30. The lowest BCUT2D eigenvalue weighted by Crippen LogP contribution is -2.60. The van der Waals surface area contributed by atoms with E-state index in [0.29, 0.717) is 29.5 Å². The molecule has 0 radical (unpaired) electrons. The van der Waals surface area contributed by atoms with Crippen molar-refractivity contribution in [1.82, 2.24) is 14.8 Å². The van der Waals surface area contributed by atoms with Crippen molar-refractivity contribution in [3.63, 3.8) is 0 Å². The Morgan fingerprint density at radius 1 is 1.31 bits per heavy atom. The molecule has 1 N–H and O–H groups in total. The van der Waals surface area contributed by atoms with Crippen LogP contribution in [0.25, 0.3) is 0 Å². The van der Waals surface area contributed by atoms with E-state index in [1.54, 1.807) is 25.4 Å². The Bertz CT molecular complexity index is 1010. The number of halogens is 1. The minimum Gasteiger partial charge on any atom is -0.325 e. The third-order valence-electron chi connectivity index (χ3n) is 7.13. The van der Waals surface area contributed by atoms with Gasteiger partial charge in [0, 0.05) is 17.3 Å². The first-order valence-electron chi connectivity index (χ1n) is 9.93. The van der Waals surface area contributed by atoms with Gasteiger partial charge in [-0.25, -0.2) is 9.67 Å². The number of carbonyl (C=O) groups is 1. The number of benzene rings is 1. The number of nitro groups is 1. The highest BCUT2D eigenvalue weighted by atomic mass is 35.5. The van der Waals surface area contributed by atoms with E-state index in [2.05, 4.69) is 15.4 Å². The van der Waals surface area contributed by atoms with E-state index < -0.39 is 10.3 Å². The molecular formula is C20H22ClN5O3. The van der Waals surface area contributed by atoms with Crippen molar-refractivity contribution in [3.8, 4) is 0 Å². The summed E-state index contributed by atoms with van der Waals surface area (Å²) in [5.74, 6) is 0.898. The molecule has 8 nitrogen and oxygen atoms in total. The second-order valence-corrected chi connectivity index (χ2v) is 9.47. The van der Waals surface area contributed by atoms with Gasteiger partial charge < -0.3 is 5.32 Å². The molecule has 4 aliphatic rings. The molecule has 4 aliphatic carbocycles. The van der Waals surface area contributed by atoms with Crippen molar-refractivity contribution >= 4 is 28.9 Å². The zero-order valence-electron chi connectivity index (χ0n) is 16.1. The van der Waals surface area contributed by atoms with E-state index in [9.17, 15) is 14.9 Å². The fraction of sp³-hybridized carbons (Fsp3) is 0.550. The molecule has 1 aromatic carbocycles. The van der Waals surface area contributed by atoms with Crippen LogP contribution in [0.1, 0.15) is 44.1 Å². The SMILES string of the molecule is Cc1ccc(NC(=O)C23C[C@H]4C[C@H](C2)CC(n2cnc(Cl)n2)(C4)C3)cc1[N+](=O)[O-]. The van der Waals surface area contributed by atoms with Gasteiger partial charge >= 0.3 is 0 Å². The van der Waals surface area contributed by atoms with E-state index in [1.165, 1.54) is 6.07 Å². The number of hydrogen-bond acceptors (Lipinski definition) is 5. The van der Waals surface area contributed by atoms with Crippen molar-refractivity contribution < 1.29 is 9.72 Å². The van der Waals surface area contributed by atoms with Gasteiger partial charge in [-0.15, -0.1) is 5.10 Å². The molecule has 4 fully saturated rings. The van der Waals surface area contributed by atoms with Gasteiger partial charge in [0.2, 0.25) is 11.2 Å². The normalized spacial score (nSPS) is 32.3. The summed E-state index contributed by atoms with van der Waals surface area (Å²) < 4.78 is 1.88. The molecule has 0 spiro atoms.